The zero-order valence-electron chi connectivity index (χ0n) is 13.3. The summed E-state index contributed by atoms with van der Waals surface area (Å²) in [6.07, 6.45) is 3.64. The molecule has 0 aliphatic rings. The van der Waals surface area contributed by atoms with Gasteiger partial charge in [0.05, 0.1) is 10.2 Å². The summed E-state index contributed by atoms with van der Waals surface area (Å²) < 4.78 is 1.18. The highest BCUT2D eigenvalue weighted by Crippen LogP contribution is 2.32. The summed E-state index contributed by atoms with van der Waals surface area (Å²) in [6, 6.07) is 21.0. The number of rotatable bonds is 4. The summed E-state index contributed by atoms with van der Waals surface area (Å²) in [7, 11) is 0. The number of thiazole rings is 1. The third kappa shape index (κ3) is 3.01. The van der Waals surface area contributed by atoms with Crippen LogP contribution < -0.4 is 5.32 Å². The van der Waals surface area contributed by atoms with Gasteiger partial charge >= 0.3 is 0 Å². The molecule has 0 radical (unpaired) electrons. The highest BCUT2D eigenvalue weighted by molar-refractivity contribution is 7.21. The first kappa shape index (κ1) is 14.8. The van der Waals surface area contributed by atoms with Gasteiger partial charge in [0.15, 0.2) is 0 Å². The highest BCUT2D eigenvalue weighted by atomic mass is 32.1. The molecule has 4 aromatic rings. The third-order valence-corrected chi connectivity index (χ3v) is 5.05. The second kappa shape index (κ2) is 6.42. The fourth-order valence-electron chi connectivity index (χ4n) is 2.70. The van der Waals surface area contributed by atoms with Crippen LogP contribution in [0.5, 0.6) is 0 Å². The maximum atomic E-state index is 4.71. The molecule has 4 heteroatoms. The van der Waals surface area contributed by atoms with E-state index >= 15 is 0 Å². The summed E-state index contributed by atoms with van der Waals surface area (Å²) >= 11 is 1.70. The summed E-state index contributed by atoms with van der Waals surface area (Å²) in [5.41, 5.74) is 4.47. The van der Waals surface area contributed by atoms with Crippen molar-refractivity contribution < 1.29 is 0 Å². The van der Waals surface area contributed by atoms with Crippen molar-refractivity contribution in [1.82, 2.24) is 9.97 Å². The topological polar surface area (TPSA) is 37.8 Å². The number of nitrogens with zero attached hydrogens (tertiary/aromatic N) is 2. The quantitative estimate of drug-likeness (QED) is 0.534. The zero-order valence-corrected chi connectivity index (χ0v) is 14.1. The molecule has 0 fully saturated rings. The van der Waals surface area contributed by atoms with Gasteiger partial charge in [-0.2, -0.15) is 0 Å². The summed E-state index contributed by atoms with van der Waals surface area (Å²) in [6.45, 7) is 2.17. The van der Waals surface area contributed by atoms with Crippen LogP contribution in [-0.2, 0) is 0 Å². The second-order valence-electron chi connectivity index (χ2n) is 5.72. The minimum Gasteiger partial charge on any atom is -0.378 e. The molecule has 0 spiro atoms. The largest absolute Gasteiger partial charge is 0.378 e. The van der Waals surface area contributed by atoms with Crippen molar-refractivity contribution in [3.8, 4) is 10.6 Å². The van der Waals surface area contributed by atoms with Gasteiger partial charge in [0.1, 0.15) is 5.01 Å². The molecule has 4 rings (SSSR count). The Bertz CT molecular complexity index is 948. The Morgan fingerprint density at radius 2 is 1.88 bits per heavy atom. The van der Waals surface area contributed by atoms with Gasteiger partial charge in [0, 0.05) is 29.7 Å². The van der Waals surface area contributed by atoms with Crippen LogP contribution in [0.15, 0.2) is 73.1 Å². The van der Waals surface area contributed by atoms with Crippen LogP contribution in [0.4, 0.5) is 5.69 Å². The van der Waals surface area contributed by atoms with E-state index in [4.69, 9.17) is 4.98 Å². The van der Waals surface area contributed by atoms with Crippen molar-refractivity contribution in [1.29, 1.82) is 0 Å². The van der Waals surface area contributed by atoms with Gasteiger partial charge in [-0.3, -0.25) is 4.98 Å². The van der Waals surface area contributed by atoms with Crippen molar-refractivity contribution >= 4 is 27.2 Å². The number of hydrogen-bond acceptors (Lipinski definition) is 4. The van der Waals surface area contributed by atoms with Gasteiger partial charge in [-0.25, -0.2) is 4.98 Å². The van der Waals surface area contributed by atoms with Crippen LogP contribution in [0.2, 0.25) is 0 Å². The highest BCUT2D eigenvalue weighted by Gasteiger charge is 2.09. The Morgan fingerprint density at radius 3 is 2.67 bits per heavy atom. The lowest BCUT2D eigenvalue weighted by Gasteiger charge is -2.15. The minimum absolute atomic E-state index is 0.259. The van der Waals surface area contributed by atoms with E-state index in [2.05, 4.69) is 59.7 Å². The second-order valence-corrected chi connectivity index (χ2v) is 6.75. The summed E-state index contributed by atoms with van der Waals surface area (Å²) in [4.78, 5) is 8.89. The molecular weight excluding hydrogens is 314 g/mol. The molecule has 2 heterocycles. The molecule has 2 aromatic heterocycles. The van der Waals surface area contributed by atoms with Gasteiger partial charge in [-0.15, -0.1) is 11.3 Å². The minimum atomic E-state index is 0.259. The Labute approximate surface area is 145 Å². The average Bonchev–Trinajstić information content (AvgIpc) is 3.06. The molecule has 0 aliphatic heterocycles. The van der Waals surface area contributed by atoms with E-state index < -0.39 is 0 Å². The lowest BCUT2D eigenvalue weighted by molar-refractivity contribution is 0.885. The van der Waals surface area contributed by atoms with E-state index in [-0.39, 0.29) is 6.04 Å². The Kier molecular flexibility index (Phi) is 3.97. The molecule has 0 amide bonds. The van der Waals surface area contributed by atoms with Crippen LogP contribution in [0.3, 0.4) is 0 Å². The number of aromatic nitrogens is 2. The van der Waals surface area contributed by atoms with E-state index in [0.29, 0.717) is 0 Å². The van der Waals surface area contributed by atoms with E-state index in [9.17, 15) is 0 Å². The predicted molar refractivity (Wildman–Crippen MR) is 101 cm³/mol. The van der Waals surface area contributed by atoms with E-state index in [1.807, 2.05) is 24.4 Å². The third-order valence-electron chi connectivity index (χ3n) is 3.98. The lowest BCUT2D eigenvalue weighted by Crippen LogP contribution is -2.05. The summed E-state index contributed by atoms with van der Waals surface area (Å²) in [5.74, 6) is 0. The molecule has 0 saturated carbocycles. The molecule has 2 aromatic carbocycles. The molecule has 0 saturated heterocycles. The van der Waals surface area contributed by atoms with Gasteiger partial charge < -0.3 is 5.32 Å². The molecule has 3 nitrogen and oxygen atoms in total. The van der Waals surface area contributed by atoms with Crippen molar-refractivity contribution in [3.05, 3.63) is 78.6 Å². The first-order valence-electron chi connectivity index (χ1n) is 7.92. The number of benzene rings is 2. The maximum absolute atomic E-state index is 4.71. The number of nitrogens with one attached hydrogen (secondary N) is 1. The number of hydrogen-bond donors (Lipinski definition) is 1. The van der Waals surface area contributed by atoms with E-state index in [1.54, 1.807) is 17.5 Å². The fourth-order valence-corrected chi connectivity index (χ4v) is 3.70. The van der Waals surface area contributed by atoms with E-state index in [0.717, 1.165) is 21.8 Å². The zero-order chi connectivity index (χ0) is 16.4. The molecule has 1 atom stereocenters. The average molecular weight is 331 g/mol. The molecule has 0 aliphatic carbocycles. The number of fused-ring (bicyclic) bond motifs is 1. The molecule has 24 heavy (non-hydrogen) atoms. The van der Waals surface area contributed by atoms with Gasteiger partial charge in [-0.1, -0.05) is 30.3 Å². The number of pyridine rings is 1. The lowest BCUT2D eigenvalue weighted by atomic mass is 10.1. The van der Waals surface area contributed by atoms with Crippen molar-refractivity contribution in [3.63, 3.8) is 0 Å². The van der Waals surface area contributed by atoms with Crippen molar-refractivity contribution in [2.75, 3.05) is 5.32 Å². The van der Waals surface area contributed by atoms with Crippen LogP contribution in [-0.4, -0.2) is 9.97 Å². The number of anilines is 1. The van der Waals surface area contributed by atoms with Crippen molar-refractivity contribution in [2.24, 2.45) is 0 Å². The SMILES string of the molecule is C[C@@H](Nc1ccc2nc(-c3cccnc3)sc2c1)c1ccccc1. The first-order valence-corrected chi connectivity index (χ1v) is 8.74. The smallest absolute Gasteiger partial charge is 0.126 e. The van der Waals surface area contributed by atoms with E-state index in [1.165, 1.54) is 10.3 Å². The maximum Gasteiger partial charge on any atom is 0.126 e. The Hall–Kier alpha value is -2.72. The Morgan fingerprint density at radius 1 is 1.00 bits per heavy atom. The first-order chi connectivity index (χ1) is 11.8. The molecular formula is C20H17N3S. The Balaban J connectivity index is 1.61. The molecule has 118 valence electrons. The van der Waals surface area contributed by atoms with Crippen molar-refractivity contribution in [2.45, 2.75) is 13.0 Å². The van der Waals surface area contributed by atoms with Crippen LogP contribution >= 0.6 is 11.3 Å². The molecule has 1 N–H and O–H groups in total. The van der Waals surface area contributed by atoms with Crippen LogP contribution in [0.1, 0.15) is 18.5 Å². The summed E-state index contributed by atoms with van der Waals surface area (Å²) in [5, 5.41) is 4.57. The monoisotopic (exact) mass is 331 g/mol. The molecule has 0 unspecified atom stereocenters. The predicted octanol–water partition coefficient (Wildman–Crippen LogP) is 5.53. The standard InChI is InChI=1S/C20H17N3S/c1-14(15-6-3-2-4-7-15)22-17-9-10-18-19(12-17)24-20(23-18)16-8-5-11-21-13-16/h2-14,22H,1H3/t14-/m1/s1. The van der Waals surface area contributed by atoms with Gasteiger partial charge in [-0.05, 0) is 42.8 Å². The fraction of sp³-hybridized carbons (Fsp3) is 0.100. The van der Waals surface area contributed by atoms with Crippen LogP contribution in [0.25, 0.3) is 20.8 Å². The van der Waals surface area contributed by atoms with Crippen LogP contribution in [0, 0.1) is 0 Å². The van der Waals surface area contributed by atoms with Gasteiger partial charge in [0.25, 0.3) is 0 Å². The normalized spacial score (nSPS) is 12.2. The van der Waals surface area contributed by atoms with Gasteiger partial charge in [0.2, 0.25) is 0 Å². The molecule has 0 bridgehead atoms.